The second kappa shape index (κ2) is 9.02. The second-order valence-corrected chi connectivity index (χ2v) is 7.96. The number of carbonyl (C=O) groups excluding carboxylic acids is 2. The van der Waals surface area contributed by atoms with Crippen LogP contribution in [0.3, 0.4) is 0 Å². The number of benzene rings is 2. The minimum atomic E-state index is -1.06. The van der Waals surface area contributed by atoms with Crippen molar-refractivity contribution in [3.8, 4) is 0 Å². The molecule has 2 aromatic carbocycles. The number of carbonyl (C=O) groups is 3. The summed E-state index contributed by atoms with van der Waals surface area (Å²) < 4.78 is 5.37. The van der Waals surface area contributed by atoms with Crippen LogP contribution in [0.4, 0.5) is 10.5 Å². The van der Waals surface area contributed by atoms with Crippen molar-refractivity contribution in [1.29, 1.82) is 0 Å². The molecule has 0 radical (unpaired) electrons. The fraction of sp³-hybridized carbons (Fsp3) is 0.261. The number of rotatable bonds is 4. The van der Waals surface area contributed by atoms with Gasteiger partial charge in [0.2, 0.25) is 0 Å². The van der Waals surface area contributed by atoms with E-state index in [1.54, 1.807) is 48.2 Å². The fourth-order valence-corrected chi connectivity index (χ4v) is 4.05. The summed E-state index contributed by atoms with van der Waals surface area (Å²) in [6.07, 6.45) is 0. The van der Waals surface area contributed by atoms with Crippen LogP contribution in [0.2, 0.25) is 5.02 Å². The van der Waals surface area contributed by atoms with Gasteiger partial charge < -0.3 is 20.1 Å². The summed E-state index contributed by atoms with van der Waals surface area (Å²) in [7, 11) is 0. The zero-order valence-electron chi connectivity index (χ0n) is 17.4. The number of carboxylic acids is 1. The van der Waals surface area contributed by atoms with Gasteiger partial charge in [0.1, 0.15) is 0 Å². The third-order valence-corrected chi connectivity index (χ3v) is 5.84. The standard InChI is InChI=1S/C23H22ClN3O5/c1-14-19(21(28)26-10-12-32-13-11-26)20(15-2-6-17(24)7-3-15)25-23(31)27(14)18-8-4-16(5-9-18)22(29)30/h2-9,20H,10-13H2,1H3,(H,25,31)(H,29,30)/t20-/m1/s1. The number of aromatic carboxylic acids is 1. The van der Waals surface area contributed by atoms with Crippen molar-refractivity contribution >= 4 is 35.2 Å². The van der Waals surface area contributed by atoms with Gasteiger partial charge in [0, 0.05) is 23.8 Å². The van der Waals surface area contributed by atoms with Crippen molar-refractivity contribution in [2.75, 3.05) is 31.2 Å². The molecule has 0 spiro atoms. The Morgan fingerprint density at radius 2 is 1.69 bits per heavy atom. The van der Waals surface area contributed by atoms with Crippen molar-refractivity contribution in [2.24, 2.45) is 0 Å². The van der Waals surface area contributed by atoms with E-state index in [-0.39, 0.29) is 11.5 Å². The third-order valence-electron chi connectivity index (χ3n) is 5.59. The minimum Gasteiger partial charge on any atom is -0.478 e. The molecule has 4 rings (SSSR count). The van der Waals surface area contributed by atoms with Gasteiger partial charge in [-0.25, -0.2) is 9.59 Å². The van der Waals surface area contributed by atoms with Crippen LogP contribution in [-0.2, 0) is 9.53 Å². The van der Waals surface area contributed by atoms with E-state index in [0.717, 1.165) is 5.56 Å². The number of hydrogen-bond donors (Lipinski definition) is 2. The Morgan fingerprint density at radius 1 is 1.06 bits per heavy atom. The van der Waals surface area contributed by atoms with Gasteiger partial charge in [-0.15, -0.1) is 0 Å². The first-order valence-electron chi connectivity index (χ1n) is 10.1. The predicted molar refractivity (Wildman–Crippen MR) is 119 cm³/mol. The van der Waals surface area contributed by atoms with Gasteiger partial charge in [-0.05, 0) is 48.9 Å². The highest BCUT2D eigenvalue weighted by atomic mass is 35.5. The number of nitrogens with one attached hydrogen (secondary N) is 1. The molecule has 1 atom stereocenters. The number of hydrogen-bond acceptors (Lipinski definition) is 4. The van der Waals surface area contributed by atoms with Gasteiger partial charge in [-0.2, -0.15) is 0 Å². The van der Waals surface area contributed by atoms with Gasteiger partial charge >= 0.3 is 12.0 Å². The third kappa shape index (κ3) is 4.19. The average Bonchev–Trinajstić information content (AvgIpc) is 2.80. The number of nitrogens with zero attached hydrogens (tertiary/aromatic N) is 2. The molecule has 8 nitrogen and oxygen atoms in total. The summed E-state index contributed by atoms with van der Waals surface area (Å²) in [4.78, 5) is 41.0. The predicted octanol–water partition coefficient (Wildman–Crippen LogP) is 3.44. The zero-order chi connectivity index (χ0) is 22.8. The van der Waals surface area contributed by atoms with Crippen LogP contribution in [0.1, 0.15) is 28.9 Å². The molecule has 1 fully saturated rings. The number of allylic oxidation sites excluding steroid dienone is 1. The van der Waals surface area contributed by atoms with Crippen LogP contribution in [-0.4, -0.2) is 54.2 Å². The van der Waals surface area contributed by atoms with Crippen molar-refractivity contribution < 1.29 is 24.2 Å². The highest BCUT2D eigenvalue weighted by Crippen LogP contribution is 2.35. The van der Waals surface area contributed by atoms with E-state index in [1.807, 2.05) is 0 Å². The normalized spacial score (nSPS) is 19.1. The Labute approximate surface area is 190 Å². The largest absolute Gasteiger partial charge is 0.478 e. The van der Waals surface area contributed by atoms with E-state index in [0.29, 0.717) is 48.3 Å². The maximum absolute atomic E-state index is 13.6. The molecule has 2 aliphatic heterocycles. The van der Waals surface area contributed by atoms with Crippen molar-refractivity contribution in [3.05, 3.63) is 76.0 Å². The molecule has 166 valence electrons. The monoisotopic (exact) mass is 455 g/mol. The molecule has 0 aromatic heterocycles. The lowest BCUT2D eigenvalue weighted by Crippen LogP contribution is -2.51. The first-order chi connectivity index (χ1) is 15.4. The Kier molecular flexibility index (Phi) is 6.16. The molecule has 2 aromatic rings. The highest BCUT2D eigenvalue weighted by molar-refractivity contribution is 6.30. The van der Waals surface area contributed by atoms with E-state index in [1.165, 1.54) is 17.0 Å². The van der Waals surface area contributed by atoms with Crippen molar-refractivity contribution in [2.45, 2.75) is 13.0 Å². The number of halogens is 1. The molecule has 0 saturated carbocycles. The lowest BCUT2D eigenvalue weighted by molar-refractivity contribution is -0.131. The number of morpholine rings is 1. The molecule has 0 bridgehead atoms. The summed E-state index contributed by atoms with van der Waals surface area (Å²) >= 11 is 6.03. The number of urea groups is 1. The molecule has 0 unspecified atom stereocenters. The Hall–Kier alpha value is -3.36. The maximum atomic E-state index is 13.6. The van der Waals surface area contributed by atoms with Gasteiger partial charge in [0.05, 0.1) is 36.1 Å². The zero-order valence-corrected chi connectivity index (χ0v) is 18.1. The average molecular weight is 456 g/mol. The topological polar surface area (TPSA) is 99.2 Å². The van der Waals surface area contributed by atoms with E-state index in [2.05, 4.69) is 5.32 Å². The molecular formula is C23H22ClN3O5. The number of amides is 3. The lowest BCUT2D eigenvalue weighted by atomic mass is 9.93. The molecule has 2 N–H and O–H groups in total. The summed E-state index contributed by atoms with van der Waals surface area (Å²) in [6.45, 7) is 3.56. The molecule has 2 heterocycles. The van der Waals surface area contributed by atoms with Gasteiger partial charge in [-0.3, -0.25) is 9.69 Å². The molecule has 9 heteroatoms. The molecule has 3 amide bonds. The SMILES string of the molecule is CC1=C(C(=O)N2CCOCC2)[C@@H](c2ccc(Cl)cc2)NC(=O)N1c1ccc(C(=O)O)cc1. The first-order valence-corrected chi connectivity index (χ1v) is 10.5. The molecule has 32 heavy (non-hydrogen) atoms. The molecule has 2 aliphatic rings. The molecule has 0 aliphatic carbocycles. The second-order valence-electron chi connectivity index (χ2n) is 7.53. The first kappa shape index (κ1) is 21.9. The van der Waals surface area contributed by atoms with Gasteiger partial charge in [0.25, 0.3) is 5.91 Å². The van der Waals surface area contributed by atoms with Gasteiger partial charge in [-0.1, -0.05) is 23.7 Å². The van der Waals surface area contributed by atoms with Crippen LogP contribution in [0.5, 0.6) is 0 Å². The van der Waals surface area contributed by atoms with Crippen LogP contribution >= 0.6 is 11.6 Å². The number of carboxylic acid groups (broad SMARTS) is 1. The van der Waals surface area contributed by atoms with Crippen molar-refractivity contribution in [1.82, 2.24) is 10.2 Å². The van der Waals surface area contributed by atoms with Crippen molar-refractivity contribution in [3.63, 3.8) is 0 Å². The molecule has 1 saturated heterocycles. The maximum Gasteiger partial charge on any atom is 0.335 e. The smallest absolute Gasteiger partial charge is 0.335 e. The van der Waals surface area contributed by atoms with E-state index in [9.17, 15) is 14.4 Å². The summed E-state index contributed by atoms with van der Waals surface area (Å²) in [6, 6.07) is 11.9. The molecular weight excluding hydrogens is 434 g/mol. The summed E-state index contributed by atoms with van der Waals surface area (Å²) in [5.74, 6) is -1.24. The van der Waals surface area contributed by atoms with Crippen LogP contribution in [0.15, 0.2) is 59.8 Å². The van der Waals surface area contributed by atoms with Crippen LogP contribution in [0, 0.1) is 0 Å². The summed E-state index contributed by atoms with van der Waals surface area (Å²) in [5.41, 5.74) is 2.23. The van der Waals surface area contributed by atoms with Crippen LogP contribution < -0.4 is 10.2 Å². The highest BCUT2D eigenvalue weighted by Gasteiger charge is 2.38. The van der Waals surface area contributed by atoms with E-state index < -0.39 is 18.0 Å². The lowest BCUT2D eigenvalue weighted by Gasteiger charge is -2.38. The van der Waals surface area contributed by atoms with E-state index in [4.69, 9.17) is 21.4 Å². The Balaban J connectivity index is 1.79. The van der Waals surface area contributed by atoms with Crippen LogP contribution in [0.25, 0.3) is 0 Å². The summed E-state index contributed by atoms with van der Waals surface area (Å²) in [5, 5.41) is 12.6. The number of anilines is 1. The fourth-order valence-electron chi connectivity index (χ4n) is 3.93. The van der Waals surface area contributed by atoms with Gasteiger partial charge in [0.15, 0.2) is 0 Å². The number of ether oxygens (including phenoxy) is 1. The minimum absolute atomic E-state index is 0.108. The van der Waals surface area contributed by atoms with E-state index >= 15 is 0 Å². The Morgan fingerprint density at radius 3 is 2.28 bits per heavy atom. The Bertz CT molecular complexity index is 1080. The quantitative estimate of drug-likeness (QED) is 0.735.